The molecule has 0 saturated carbocycles. The van der Waals surface area contributed by atoms with Gasteiger partial charge in [-0.1, -0.05) is 61.2 Å². The molecule has 0 aromatic heterocycles. The van der Waals surface area contributed by atoms with Crippen LogP contribution in [0, 0.1) is 0 Å². The molecule has 120 valence electrons. The van der Waals surface area contributed by atoms with E-state index in [4.69, 9.17) is 4.74 Å². The number of carbonyl (C=O) groups excluding carboxylic acids is 1. The molecule has 0 unspecified atom stereocenters. The fourth-order valence-electron chi connectivity index (χ4n) is 2.39. The first-order valence-corrected chi connectivity index (χ1v) is 7.59. The predicted octanol–water partition coefficient (Wildman–Crippen LogP) is 3.48. The summed E-state index contributed by atoms with van der Waals surface area (Å²) in [5.74, 6) is 0.447. The number of hydrogen-bond acceptors (Lipinski definition) is 4. The lowest BCUT2D eigenvalue weighted by molar-refractivity contribution is 0.164. The largest absolute Gasteiger partial charge is 0.445 e. The average Bonchev–Trinajstić information content (AvgIpc) is 2.80. The molecule has 0 bridgehead atoms. The number of amides is 1. The van der Waals surface area contributed by atoms with Crippen molar-refractivity contribution in [1.29, 1.82) is 0 Å². The number of benzene rings is 2. The zero-order valence-corrected chi connectivity index (χ0v) is 13.1. The van der Waals surface area contributed by atoms with Gasteiger partial charge in [-0.2, -0.15) is 0 Å². The molecule has 0 aliphatic carbocycles. The topological polar surface area (TPSA) is 63.0 Å². The van der Waals surface area contributed by atoms with Gasteiger partial charge in [-0.25, -0.2) is 9.79 Å². The summed E-state index contributed by atoms with van der Waals surface area (Å²) in [7, 11) is 0. The highest BCUT2D eigenvalue weighted by Crippen LogP contribution is 2.24. The number of aliphatic imine (C=N–C) groups is 2. The summed E-state index contributed by atoms with van der Waals surface area (Å²) in [5.41, 5.74) is 3.55. The molecule has 0 spiro atoms. The van der Waals surface area contributed by atoms with Gasteiger partial charge in [-0.05, 0) is 6.07 Å². The minimum Gasteiger partial charge on any atom is -0.445 e. The summed E-state index contributed by atoms with van der Waals surface area (Å²) in [6.45, 7) is 3.92. The first-order chi connectivity index (χ1) is 11.8. The second-order valence-corrected chi connectivity index (χ2v) is 5.12. The van der Waals surface area contributed by atoms with Crippen molar-refractivity contribution < 1.29 is 9.53 Å². The van der Waals surface area contributed by atoms with Gasteiger partial charge in [-0.15, -0.1) is 0 Å². The van der Waals surface area contributed by atoms with Crippen LogP contribution in [0.4, 0.5) is 10.5 Å². The Morgan fingerprint density at radius 2 is 1.92 bits per heavy atom. The fourth-order valence-corrected chi connectivity index (χ4v) is 2.39. The smallest absolute Gasteiger partial charge is 0.412 e. The van der Waals surface area contributed by atoms with Gasteiger partial charge in [0.25, 0.3) is 0 Å². The average molecular weight is 319 g/mol. The van der Waals surface area contributed by atoms with Gasteiger partial charge in [0.15, 0.2) is 0 Å². The molecular weight excluding hydrogens is 302 g/mol. The van der Waals surface area contributed by atoms with Crippen molar-refractivity contribution in [3.63, 3.8) is 0 Å². The van der Waals surface area contributed by atoms with Crippen LogP contribution in [0.1, 0.15) is 11.1 Å². The number of ether oxygens (including phenoxy) is 1. The van der Waals surface area contributed by atoms with E-state index >= 15 is 0 Å². The molecule has 3 rings (SSSR count). The van der Waals surface area contributed by atoms with Gasteiger partial charge < -0.3 is 4.74 Å². The molecule has 1 aliphatic rings. The normalized spacial score (nSPS) is 13.0. The highest BCUT2D eigenvalue weighted by molar-refractivity contribution is 6.17. The third-order valence-electron chi connectivity index (χ3n) is 3.43. The molecule has 0 saturated heterocycles. The number of nitrogens with zero attached hydrogens (tertiary/aromatic N) is 2. The van der Waals surface area contributed by atoms with E-state index in [0.29, 0.717) is 5.84 Å². The third-order valence-corrected chi connectivity index (χ3v) is 3.43. The number of fused-ring (bicyclic) bond motifs is 1. The van der Waals surface area contributed by atoms with Crippen LogP contribution in [-0.2, 0) is 4.74 Å². The van der Waals surface area contributed by atoms with Gasteiger partial charge in [-0.3, -0.25) is 10.3 Å². The number of hydrogen-bond donors (Lipinski definition) is 1. The Morgan fingerprint density at radius 1 is 1.17 bits per heavy atom. The van der Waals surface area contributed by atoms with Gasteiger partial charge in [0.05, 0.1) is 17.9 Å². The van der Waals surface area contributed by atoms with Crippen molar-refractivity contribution in [2.24, 2.45) is 9.98 Å². The van der Waals surface area contributed by atoms with Gasteiger partial charge >= 0.3 is 6.09 Å². The Bertz CT molecular complexity index is 810. The number of para-hydroxylation sites is 1. The van der Waals surface area contributed by atoms with E-state index in [-0.39, 0.29) is 13.2 Å². The van der Waals surface area contributed by atoms with Crippen molar-refractivity contribution in [3.05, 3.63) is 78.4 Å². The van der Waals surface area contributed by atoms with Crippen LogP contribution in [0.25, 0.3) is 0 Å². The molecule has 0 radical (unpaired) electrons. The van der Waals surface area contributed by atoms with Crippen LogP contribution in [-0.4, -0.2) is 30.8 Å². The van der Waals surface area contributed by atoms with E-state index in [9.17, 15) is 4.79 Å². The Morgan fingerprint density at radius 3 is 2.71 bits per heavy atom. The monoisotopic (exact) mass is 319 g/mol. The fraction of sp³-hybridized carbons (Fsp3) is 0.105. The van der Waals surface area contributed by atoms with Gasteiger partial charge in [0.1, 0.15) is 12.4 Å². The highest BCUT2D eigenvalue weighted by atomic mass is 16.5. The maximum absolute atomic E-state index is 11.7. The molecule has 1 N–H and O–H groups in total. The third kappa shape index (κ3) is 3.57. The number of rotatable bonds is 3. The van der Waals surface area contributed by atoms with Gasteiger partial charge in [0, 0.05) is 11.1 Å². The molecule has 1 amide bonds. The van der Waals surface area contributed by atoms with Crippen LogP contribution in [0.15, 0.2) is 77.2 Å². The van der Waals surface area contributed by atoms with Crippen LogP contribution >= 0.6 is 0 Å². The van der Waals surface area contributed by atoms with Crippen molar-refractivity contribution in [3.8, 4) is 0 Å². The summed E-state index contributed by atoms with van der Waals surface area (Å²) < 4.78 is 4.94. The molecule has 2 aromatic carbocycles. The van der Waals surface area contributed by atoms with Crippen molar-refractivity contribution in [1.82, 2.24) is 5.32 Å². The molecular formula is C19H17N3O2. The lowest BCUT2D eigenvalue weighted by atomic mass is 10.0. The molecule has 0 fully saturated rings. The highest BCUT2D eigenvalue weighted by Gasteiger charge is 2.16. The molecule has 5 heteroatoms. The van der Waals surface area contributed by atoms with E-state index in [1.807, 2.05) is 54.6 Å². The number of amidine groups is 1. The molecule has 2 aromatic rings. The second-order valence-electron chi connectivity index (χ2n) is 5.12. The van der Waals surface area contributed by atoms with Crippen molar-refractivity contribution in [2.75, 3.05) is 13.2 Å². The summed E-state index contributed by atoms with van der Waals surface area (Å²) in [4.78, 5) is 20.9. The van der Waals surface area contributed by atoms with E-state index < -0.39 is 6.09 Å². The number of nitrogens with one attached hydrogen (secondary N) is 1. The van der Waals surface area contributed by atoms with Gasteiger partial charge in [0.2, 0.25) is 0 Å². The van der Waals surface area contributed by atoms with Crippen LogP contribution < -0.4 is 5.32 Å². The summed E-state index contributed by atoms with van der Waals surface area (Å²) in [6, 6.07) is 17.6. The zero-order valence-electron chi connectivity index (χ0n) is 13.1. The van der Waals surface area contributed by atoms with E-state index in [2.05, 4.69) is 21.9 Å². The lowest BCUT2D eigenvalue weighted by Crippen LogP contribution is -2.32. The molecule has 1 heterocycles. The number of carbonyl (C=O) groups is 1. The number of alkyl carbamates (subject to hydrolysis) is 1. The second kappa shape index (κ2) is 7.37. The summed E-state index contributed by atoms with van der Waals surface area (Å²) in [6.07, 6.45) is 0.944. The zero-order chi connectivity index (χ0) is 16.8. The minimum atomic E-state index is -0.565. The summed E-state index contributed by atoms with van der Waals surface area (Å²) in [5, 5.41) is 2.64. The first kappa shape index (κ1) is 15.7. The standard InChI is InChI=1S/C19H17N3O2/c1-2-12-24-19(23)22-17-13-20-18(14-8-4-3-5-9-14)15-10-6-7-11-16(15)21-17/h2-11H,1,12-13H2,(H,21,22,23). The summed E-state index contributed by atoms with van der Waals surface area (Å²) >= 11 is 0. The molecule has 24 heavy (non-hydrogen) atoms. The van der Waals surface area contributed by atoms with E-state index in [1.165, 1.54) is 6.08 Å². The first-order valence-electron chi connectivity index (χ1n) is 7.59. The molecule has 1 aliphatic heterocycles. The maximum atomic E-state index is 11.7. The minimum absolute atomic E-state index is 0.147. The van der Waals surface area contributed by atoms with Crippen LogP contribution in [0.5, 0.6) is 0 Å². The Hall–Kier alpha value is -3.21. The van der Waals surface area contributed by atoms with Crippen LogP contribution in [0.3, 0.4) is 0 Å². The Balaban J connectivity index is 1.92. The quantitative estimate of drug-likeness (QED) is 0.880. The van der Waals surface area contributed by atoms with E-state index in [0.717, 1.165) is 22.5 Å². The predicted molar refractivity (Wildman–Crippen MR) is 95.2 cm³/mol. The van der Waals surface area contributed by atoms with Crippen molar-refractivity contribution in [2.45, 2.75) is 0 Å². The van der Waals surface area contributed by atoms with E-state index in [1.54, 1.807) is 0 Å². The van der Waals surface area contributed by atoms with Crippen LogP contribution in [0.2, 0.25) is 0 Å². The van der Waals surface area contributed by atoms with Crippen molar-refractivity contribution >= 4 is 23.3 Å². The maximum Gasteiger partial charge on any atom is 0.412 e. The Kier molecular flexibility index (Phi) is 4.81. The Labute approximate surface area is 140 Å². The molecule has 0 atom stereocenters. The molecule has 5 nitrogen and oxygen atoms in total. The lowest BCUT2D eigenvalue weighted by Gasteiger charge is -2.07. The SMILES string of the molecule is C=CCOC(=O)NC1=Nc2ccccc2C(c2ccccc2)=NC1.